The monoisotopic (exact) mass is 220 g/mol. The van der Waals surface area contributed by atoms with E-state index < -0.39 is 11.4 Å². The van der Waals surface area contributed by atoms with Gasteiger partial charge in [0.15, 0.2) is 5.44 Å². The molecule has 4 heteroatoms. The molecule has 0 aliphatic carbocycles. The summed E-state index contributed by atoms with van der Waals surface area (Å²) in [4.78, 5) is 10.2. The van der Waals surface area contributed by atoms with Gasteiger partial charge >= 0.3 is 5.97 Å². The Morgan fingerprint density at radius 2 is 1.93 bits per heavy atom. The molecular formula is C10H20O3S. The molecule has 0 saturated carbocycles. The molecule has 0 bridgehead atoms. The Hall–Kier alpha value is -0.220. The van der Waals surface area contributed by atoms with E-state index in [0.717, 1.165) is 36.3 Å². The summed E-state index contributed by atoms with van der Waals surface area (Å²) in [5.74, 6) is 0.329. The Kier molecular flexibility index (Phi) is 7.99. The Balaban J connectivity index is 3.17. The molecule has 1 unspecified atom stereocenters. The molecule has 0 rings (SSSR count). The fraction of sp³-hybridized carbons (Fsp3) is 0.900. The molecule has 0 spiro atoms. The van der Waals surface area contributed by atoms with Gasteiger partial charge in [0.05, 0.1) is 0 Å². The molecule has 0 aromatic carbocycles. The van der Waals surface area contributed by atoms with Gasteiger partial charge in [-0.1, -0.05) is 33.1 Å². The largest absolute Gasteiger partial charge is 0.479 e. The summed E-state index contributed by atoms with van der Waals surface area (Å²) in [5.41, 5.74) is -1.25. The third-order valence-corrected chi connectivity index (χ3v) is 2.95. The number of carboxylic acids is 1. The molecule has 84 valence electrons. The van der Waals surface area contributed by atoms with Gasteiger partial charge in [0.25, 0.3) is 0 Å². The molecule has 2 N–H and O–H groups in total. The van der Waals surface area contributed by atoms with Crippen LogP contribution in [0, 0.1) is 5.92 Å². The topological polar surface area (TPSA) is 57.5 Å². The minimum atomic E-state index is -1.25. The average Bonchev–Trinajstić information content (AvgIpc) is 2.09. The molecule has 3 nitrogen and oxygen atoms in total. The van der Waals surface area contributed by atoms with Crippen molar-refractivity contribution in [2.75, 3.05) is 5.75 Å². The summed E-state index contributed by atoms with van der Waals surface area (Å²) in [6, 6.07) is 0. The Labute approximate surface area is 89.9 Å². The fourth-order valence-electron chi connectivity index (χ4n) is 1.10. The van der Waals surface area contributed by atoms with E-state index in [0.29, 0.717) is 0 Å². The zero-order chi connectivity index (χ0) is 11.0. The lowest BCUT2D eigenvalue weighted by Gasteiger charge is -2.06. The molecule has 14 heavy (non-hydrogen) atoms. The molecular weight excluding hydrogens is 200 g/mol. The van der Waals surface area contributed by atoms with Gasteiger partial charge in [-0.15, -0.1) is 11.8 Å². The highest BCUT2D eigenvalue weighted by molar-refractivity contribution is 8.00. The van der Waals surface area contributed by atoms with Crippen molar-refractivity contribution in [3.05, 3.63) is 0 Å². The highest BCUT2D eigenvalue weighted by Crippen LogP contribution is 2.13. The van der Waals surface area contributed by atoms with Crippen molar-refractivity contribution in [3.63, 3.8) is 0 Å². The zero-order valence-electron chi connectivity index (χ0n) is 8.90. The van der Waals surface area contributed by atoms with E-state index >= 15 is 0 Å². The molecule has 0 aliphatic heterocycles. The minimum Gasteiger partial charge on any atom is -0.479 e. The molecule has 0 amide bonds. The van der Waals surface area contributed by atoms with Crippen LogP contribution in [0.15, 0.2) is 0 Å². The second kappa shape index (κ2) is 8.12. The van der Waals surface area contributed by atoms with Crippen LogP contribution in [0.25, 0.3) is 0 Å². The molecule has 0 radical (unpaired) electrons. The number of thioether (sulfide) groups is 1. The molecule has 0 aliphatic rings. The SMILES string of the molecule is CC(C)CCCCCSC(O)C(=O)O. The van der Waals surface area contributed by atoms with E-state index in [2.05, 4.69) is 13.8 Å². The predicted octanol–water partition coefficient (Wildman–Crippen LogP) is 2.34. The van der Waals surface area contributed by atoms with Crippen LogP contribution in [0.2, 0.25) is 0 Å². The summed E-state index contributed by atoms with van der Waals surface area (Å²) >= 11 is 1.10. The fourth-order valence-corrected chi connectivity index (χ4v) is 1.83. The summed E-state index contributed by atoms with van der Waals surface area (Å²) in [5, 5.41) is 17.3. The smallest absolute Gasteiger partial charge is 0.343 e. The van der Waals surface area contributed by atoms with E-state index in [-0.39, 0.29) is 0 Å². The number of aliphatic hydroxyl groups is 1. The second-order valence-corrected chi connectivity index (χ2v) is 4.99. The van der Waals surface area contributed by atoms with Gasteiger partial charge in [0.1, 0.15) is 0 Å². The van der Waals surface area contributed by atoms with Crippen molar-refractivity contribution < 1.29 is 15.0 Å². The number of aliphatic carboxylic acids is 1. The van der Waals surface area contributed by atoms with Gasteiger partial charge in [0, 0.05) is 0 Å². The van der Waals surface area contributed by atoms with Crippen molar-refractivity contribution in [1.82, 2.24) is 0 Å². The molecule has 0 heterocycles. The van der Waals surface area contributed by atoms with Crippen LogP contribution in [0.4, 0.5) is 0 Å². The van der Waals surface area contributed by atoms with Crippen molar-refractivity contribution in [1.29, 1.82) is 0 Å². The van der Waals surface area contributed by atoms with Crippen LogP contribution in [0.5, 0.6) is 0 Å². The lowest BCUT2D eigenvalue weighted by atomic mass is 10.1. The quantitative estimate of drug-likeness (QED) is 0.487. The number of carbonyl (C=O) groups is 1. The summed E-state index contributed by atoms with van der Waals surface area (Å²) in [6.07, 6.45) is 4.53. The summed E-state index contributed by atoms with van der Waals surface area (Å²) < 4.78 is 0. The van der Waals surface area contributed by atoms with E-state index in [1.54, 1.807) is 0 Å². The highest BCUT2D eigenvalue weighted by Gasteiger charge is 2.12. The summed E-state index contributed by atoms with van der Waals surface area (Å²) in [7, 11) is 0. The molecule has 0 fully saturated rings. The molecule has 0 aromatic rings. The number of carboxylic acid groups (broad SMARTS) is 1. The third kappa shape index (κ3) is 8.38. The summed E-state index contributed by atoms with van der Waals surface area (Å²) in [6.45, 7) is 4.39. The van der Waals surface area contributed by atoms with Crippen LogP contribution in [0.3, 0.4) is 0 Å². The van der Waals surface area contributed by atoms with Crippen LogP contribution in [-0.4, -0.2) is 27.4 Å². The molecule has 1 atom stereocenters. The maximum absolute atomic E-state index is 10.2. The predicted molar refractivity (Wildman–Crippen MR) is 59.4 cm³/mol. The van der Waals surface area contributed by atoms with Crippen molar-refractivity contribution in [3.8, 4) is 0 Å². The van der Waals surface area contributed by atoms with Gasteiger partial charge in [-0.05, 0) is 18.1 Å². The van der Waals surface area contributed by atoms with Crippen LogP contribution >= 0.6 is 11.8 Å². The third-order valence-electron chi connectivity index (χ3n) is 1.91. The van der Waals surface area contributed by atoms with E-state index in [9.17, 15) is 4.79 Å². The number of hydrogen-bond acceptors (Lipinski definition) is 3. The standard InChI is InChI=1S/C10H20O3S/c1-8(2)6-4-3-5-7-14-10(13)9(11)12/h8,10,13H,3-7H2,1-2H3,(H,11,12). The number of aliphatic hydroxyl groups excluding tert-OH is 1. The van der Waals surface area contributed by atoms with Gasteiger partial charge < -0.3 is 10.2 Å². The maximum Gasteiger partial charge on any atom is 0.343 e. The maximum atomic E-state index is 10.2. The Bertz CT molecular complexity index is 159. The van der Waals surface area contributed by atoms with Crippen molar-refractivity contribution in [2.45, 2.75) is 45.0 Å². The van der Waals surface area contributed by atoms with Crippen LogP contribution < -0.4 is 0 Å². The normalized spacial score (nSPS) is 13.1. The van der Waals surface area contributed by atoms with Crippen molar-refractivity contribution >= 4 is 17.7 Å². The van der Waals surface area contributed by atoms with Crippen molar-refractivity contribution in [2.24, 2.45) is 5.92 Å². The Morgan fingerprint density at radius 1 is 1.29 bits per heavy atom. The molecule has 0 aromatic heterocycles. The van der Waals surface area contributed by atoms with E-state index in [4.69, 9.17) is 10.2 Å². The zero-order valence-corrected chi connectivity index (χ0v) is 9.72. The second-order valence-electron chi connectivity index (χ2n) is 3.80. The van der Waals surface area contributed by atoms with E-state index in [1.165, 1.54) is 12.8 Å². The van der Waals surface area contributed by atoms with Crippen LogP contribution in [0.1, 0.15) is 39.5 Å². The number of hydrogen-bond donors (Lipinski definition) is 2. The minimum absolute atomic E-state index is 0.728. The number of unbranched alkanes of at least 4 members (excludes halogenated alkanes) is 2. The first-order valence-corrected chi connectivity index (χ1v) is 6.11. The highest BCUT2D eigenvalue weighted by atomic mass is 32.2. The first kappa shape index (κ1) is 13.8. The lowest BCUT2D eigenvalue weighted by Crippen LogP contribution is -2.15. The van der Waals surface area contributed by atoms with Gasteiger partial charge in [-0.3, -0.25) is 0 Å². The Morgan fingerprint density at radius 3 is 2.43 bits per heavy atom. The van der Waals surface area contributed by atoms with Gasteiger partial charge in [0.2, 0.25) is 0 Å². The van der Waals surface area contributed by atoms with Crippen LogP contribution in [-0.2, 0) is 4.79 Å². The molecule has 0 saturated heterocycles. The van der Waals surface area contributed by atoms with Gasteiger partial charge in [-0.25, -0.2) is 4.79 Å². The first-order valence-electron chi connectivity index (χ1n) is 5.06. The number of rotatable bonds is 8. The average molecular weight is 220 g/mol. The van der Waals surface area contributed by atoms with E-state index in [1.807, 2.05) is 0 Å². The first-order chi connectivity index (χ1) is 6.54. The lowest BCUT2D eigenvalue weighted by molar-refractivity contribution is -0.141. The van der Waals surface area contributed by atoms with Gasteiger partial charge in [-0.2, -0.15) is 0 Å².